The number of carbonyl (C=O) groups excluding carboxylic acids is 1. The minimum atomic E-state index is -3.79. The first-order valence-corrected chi connectivity index (χ1v) is 11.0. The van der Waals surface area contributed by atoms with Gasteiger partial charge in [-0.3, -0.25) is 4.79 Å². The summed E-state index contributed by atoms with van der Waals surface area (Å²) in [5, 5.41) is 9.30. The quantitative estimate of drug-likeness (QED) is 0.853. The van der Waals surface area contributed by atoms with E-state index in [-0.39, 0.29) is 23.7 Å². The van der Waals surface area contributed by atoms with Gasteiger partial charge in [0.25, 0.3) is 0 Å². The monoisotopic (exact) mass is 366 g/mol. The van der Waals surface area contributed by atoms with Crippen LogP contribution in [0.4, 0.5) is 0 Å². The van der Waals surface area contributed by atoms with Gasteiger partial charge in [-0.25, -0.2) is 8.42 Å². The number of aliphatic hydroxyl groups excluding tert-OH is 1. The van der Waals surface area contributed by atoms with Crippen LogP contribution < -0.4 is 0 Å². The molecule has 0 heterocycles. The van der Waals surface area contributed by atoms with Crippen molar-refractivity contribution in [2.45, 2.75) is 80.3 Å². The Bertz CT molecular complexity index is 639. The van der Waals surface area contributed by atoms with Crippen molar-refractivity contribution in [3.63, 3.8) is 0 Å². The Labute approximate surface area is 151 Å². The van der Waals surface area contributed by atoms with Crippen LogP contribution in [0, 0.1) is 0 Å². The van der Waals surface area contributed by atoms with Crippen molar-refractivity contribution in [3.8, 4) is 0 Å². The first-order valence-electron chi connectivity index (χ1n) is 9.48. The standard InChI is InChI=1S/C20H30O4S/c21-17-11-16-20(25(23,24)18-12-7-6-8-13-18)15-10-5-3-1-2-4-9-14-19(20)22/h6-8,12-13,21H,1-5,9-11,14-17H2. The van der Waals surface area contributed by atoms with Crippen LogP contribution in [-0.4, -0.2) is 30.7 Å². The Kier molecular flexibility index (Phi) is 7.63. The minimum absolute atomic E-state index is 0.0979. The highest BCUT2D eigenvalue weighted by Gasteiger charge is 2.49. The van der Waals surface area contributed by atoms with E-state index in [2.05, 4.69) is 0 Å². The van der Waals surface area contributed by atoms with Gasteiger partial charge >= 0.3 is 0 Å². The number of sulfone groups is 1. The first-order chi connectivity index (χ1) is 12.0. The largest absolute Gasteiger partial charge is 0.396 e. The lowest BCUT2D eigenvalue weighted by Gasteiger charge is -2.32. The highest BCUT2D eigenvalue weighted by Crippen LogP contribution is 2.38. The molecule has 0 saturated heterocycles. The van der Waals surface area contributed by atoms with E-state index in [1.165, 1.54) is 0 Å². The summed E-state index contributed by atoms with van der Waals surface area (Å²) in [7, 11) is -3.79. The van der Waals surface area contributed by atoms with Crippen molar-refractivity contribution >= 4 is 15.6 Å². The molecule has 1 fully saturated rings. The van der Waals surface area contributed by atoms with Crippen molar-refractivity contribution in [2.24, 2.45) is 0 Å². The summed E-state index contributed by atoms with van der Waals surface area (Å²) >= 11 is 0. The van der Waals surface area contributed by atoms with Gasteiger partial charge in [-0.15, -0.1) is 0 Å². The normalized spacial score (nSPS) is 23.8. The molecule has 0 aromatic heterocycles. The number of carbonyl (C=O) groups is 1. The molecule has 1 saturated carbocycles. The lowest BCUT2D eigenvalue weighted by molar-refractivity contribution is -0.122. The fourth-order valence-corrected chi connectivity index (χ4v) is 6.01. The number of Topliss-reactive ketones (excluding diaryl/α,β-unsaturated/α-hetero) is 1. The molecule has 140 valence electrons. The van der Waals surface area contributed by atoms with Crippen LogP contribution in [0.25, 0.3) is 0 Å². The Hall–Kier alpha value is -1.20. The number of hydrogen-bond donors (Lipinski definition) is 1. The summed E-state index contributed by atoms with van der Waals surface area (Å²) in [6.45, 7) is -0.0979. The Morgan fingerprint density at radius 2 is 1.52 bits per heavy atom. The number of rotatable bonds is 5. The van der Waals surface area contributed by atoms with Gasteiger partial charge in [0.2, 0.25) is 0 Å². The first kappa shape index (κ1) is 20.1. The van der Waals surface area contributed by atoms with Gasteiger partial charge in [-0.1, -0.05) is 56.7 Å². The predicted molar refractivity (Wildman–Crippen MR) is 99.2 cm³/mol. The molecule has 4 nitrogen and oxygen atoms in total. The Balaban J connectivity index is 2.45. The molecule has 5 heteroatoms. The lowest BCUT2D eigenvalue weighted by atomic mass is 9.89. The predicted octanol–water partition coefficient (Wildman–Crippen LogP) is 4.07. The van der Waals surface area contributed by atoms with Crippen molar-refractivity contribution in [1.29, 1.82) is 0 Å². The van der Waals surface area contributed by atoms with Gasteiger partial charge in [-0.05, 0) is 37.8 Å². The highest BCUT2D eigenvalue weighted by molar-refractivity contribution is 7.93. The third-order valence-corrected chi connectivity index (χ3v) is 7.86. The fourth-order valence-electron chi connectivity index (χ4n) is 3.82. The zero-order valence-electron chi connectivity index (χ0n) is 15.0. The van der Waals surface area contributed by atoms with Gasteiger partial charge in [-0.2, -0.15) is 0 Å². The molecule has 0 amide bonds. The topological polar surface area (TPSA) is 71.4 Å². The van der Waals surface area contributed by atoms with E-state index in [9.17, 15) is 18.3 Å². The molecule has 25 heavy (non-hydrogen) atoms. The van der Waals surface area contributed by atoms with Crippen molar-refractivity contribution in [3.05, 3.63) is 30.3 Å². The van der Waals surface area contributed by atoms with Gasteiger partial charge in [0, 0.05) is 13.0 Å². The molecule has 1 aliphatic carbocycles. The lowest BCUT2D eigenvalue weighted by Crippen LogP contribution is -2.46. The van der Waals surface area contributed by atoms with Crippen LogP contribution in [0.1, 0.15) is 70.6 Å². The van der Waals surface area contributed by atoms with Crippen molar-refractivity contribution in [2.75, 3.05) is 6.61 Å². The van der Waals surface area contributed by atoms with Crippen LogP contribution in [0.5, 0.6) is 0 Å². The van der Waals surface area contributed by atoms with Gasteiger partial charge in [0.15, 0.2) is 15.6 Å². The average molecular weight is 367 g/mol. The van der Waals surface area contributed by atoms with Crippen LogP contribution in [0.2, 0.25) is 0 Å². The summed E-state index contributed by atoms with van der Waals surface area (Å²) in [4.78, 5) is 13.4. The van der Waals surface area contributed by atoms with Crippen LogP contribution in [-0.2, 0) is 14.6 Å². The second kappa shape index (κ2) is 9.48. The number of ketones is 1. The maximum atomic E-state index is 13.5. The fraction of sp³-hybridized carbons (Fsp3) is 0.650. The SMILES string of the molecule is O=C1CCCCCCCCCC1(CCCO)S(=O)(=O)c1ccccc1. The Morgan fingerprint density at radius 1 is 0.920 bits per heavy atom. The number of aliphatic hydroxyl groups is 1. The second-order valence-corrected chi connectivity index (χ2v) is 9.30. The number of hydrogen-bond acceptors (Lipinski definition) is 4. The van der Waals surface area contributed by atoms with Crippen molar-refractivity contribution < 1.29 is 18.3 Å². The summed E-state index contributed by atoms with van der Waals surface area (Å²) in [5.74, 6) is -0.160. The van der Waals surface area contributed by atoms with E-state index in [1.54, 1.807) is 30.3 Å². The molecule has 0 bridgehead atoms. The van der Waals surface area contributed by atoms with Crippen LogP contribution in [0.15, 0.2) is 35.2 Å². The molecule has 1 aliphatic rings. The van der Waals surface area contributed by atoms with Crippen LogP contribution in [0.3, 0.4) is 0 Å². The molecule has 1 atom stereocenters. The molecular formula is C20H30O4S. The molecular weight excluding hydrogens is 336 g/mol. The maximum Gasteiger partial charge on any atom is 0.191 e. The molecule has 1 aromatic rings. The van der Waals surface area contributed by atoms with E-state index in [0.29, 0.717) is 19.3 Å². The molecule has 0 spiro atoms. The van der Waals surface area contributed by atoms with Crippen molar-refractivity contribution in [1.82, 2.24) is 0 Å². The van der Waals surface area contributed by atoms with E-state index >= 15 is 0 Å². The van der Waals surface area contributed by atoms with Crippen LogP contribution >= 0.6 is 0 Å². The molecule has 0 aliphatic heterocycles. The summed E-state index contributed by atoms with van der Waals surface area (Å²) in [5.41, 5.74) is 0. The molecule has 1 N–H and O–H groups in total. The Morgan fingerprint density at radius 3 is 2.16 bits per heavy atom. The van der Waals surface area contributed by atoms with Gasteiger partial charge in [0.05, 0.1) is 4.90 Å². The number of benzene rings is 1. The van der Waals surface area contributed by atoms with Gasteiger partial charge in [0.1, 0.15) is 4.75 Å². The minimum Gasteiger partial charge on any atom is -0.396 e. The summed E-state index contributed by atoms with van der Waals surface area (Å²) < 4.78 is 25.6. The smallest absolute Gasteiger partial charge is 0.191 e. The average Bonchev–Trinajstić information content (AvgIpc) is 2.66. The van der Waals surface area contributed by atoms with Gasteiger partial charge < -0.3 is 5.11 Å². The summed E-state index contributed by atoms with van der Waals surface area (Å²) in [6, 6.07) is 8.33. The summed E-state index contributed by atoms with van der Waals surface area (Å²) in [6.07, 6.45) is 8.01. The van der Waals surface area contributed by atoms with E-state index in [1.807, 2.05) is 0 Å². The zero-order chi connectivity index (χ0) is 18.2. The molecule has 0 radical (unpaired) electrons. The molecule has 1 unspecified atom stereocenters. The second-order valence-electron chi connectivity index (χ2n) is 7.04. The maximum absolute atomic E-state index is 13.5. The third kappa shape index (κ3) is 4.70. The highest BCUT2D eigenvalue weighted by atomic mass is 32.2. The van der Waals surface area contributed by atoms with E-state index < -0.39 is 14.6 Å². The molecule has 2 rings (SSSR count). The van der Waals surface area contributed by atoms with E-state index in [4.69, 9.17) is 0 Å². The van der Waals surface area contributed by atoms with E-state index in [0.717, 1.165) is 44.9 Å². The third-order valence-electron chi connectivity index (χ3n) is 5.30. The zero-order valence-corrected chi connectivity index (χ0v) is 15.8. The molecule has 1 aromatic carbocycles.